The van der Waals surface area contributed by atoms with Crippen molar-refractivity contribution in [3.05, 3.63) is 65.7 Å². The second-order valence-electron chi connectivity index (χ2n) is 6.01. The summed E-state index contributed by atoms with van der Waals surface area (Å²) >= 11 is 0. The van der Waals surface area contributed by atoms with Gasteiger partial charge in [0.05, 0.1) is 6.20 Å². The number of piperazine rings is 1. The third kappa shape index (κ3) is 4.48. The lowest BCUT2D eigenvalue weighted by molar-refractivity contribution is -0.124. The van der Waals surface area contributed by atoms with Crippen molar-refractivity contribution in [3.63, 3.8) is 0 Å². The predicted molar refractivity (Wildman–Crippen MR) is 97.7 cm³/mol. The van der Waals surface area contributed by atoms with Gasteiger partial charge in [0.15, 0.2) is 0 Å². The molecular formula is C19H19FN4O3. The minimum Gasteiger partial charge on any atom is -0.367 e. The minimum absolute atomic E-state index is 0.220. The van der Waals surface area contributed by atoms with Crippen LogP contribution in [-0.2, 0) is 4.79 Å². The molecule has 1 saturated heterocycles. The predicted octanol–water partition coefficient (Wildman–Crippen LogP) is 1.70. The van der Waals surface area contributed by atoms with Crippen LogP contribution in [-0.4, -0.2) is 53.1 Å². The number of anilines is 1. The normalized spacial score (nSPS) is 14.4. The van der Waals surface area contributed by atoms with Gasteiger partial charge in [0.2, 0.25) is 0 Å². The van der Waals surface area contributed by atoms with E-state index in [1.54, 1.807) is 16.5 Å². The molecule has 2 N–H and O–H groups in total. The second kappa shape index (κ2) is 8.41. The summed E-state index contributed by atoms with van der Waals surface area (Å²) in [6.45, 7) is 2.24. The van der Waals surface area contributed by atoms with Gasteiger partial charge in [0.25, 0.3) is 11.8 Å². The van der Waals surface area contributed by atoms with Crippen LogP contribution in [0.15, 0.2) is 48.7 Å². The molecule has 0 unspecified atom stereocenters. The number of rotatable bonds is 4. The summed E-state index contributed by atoms with van der Waals surface area (Å²) in [5.41, 5.74) is 3.55. The number of amides is 2. The van der Waals surface area contributed by atoms with Gasteiger partial charge in [0.1, 0.15) is 11.5 Å². The standard InChI is InChI=1S/C19H19FN4O3/c20-15-6-7-16(21-13-15)19(26)24-11-9-23(10-12-24)17-4-2-1-3-14(17)5-8-18(25)22-27/h1-8,13,27H,9-12H2,(H,22,25). The Morgan fingerprint density at radius 1 is 1.11 bits per heavy atom. The zero-order valence-electron chi connectivity index (χ0n) is 14.5. The van der Waals surface area contributed by atoms with Crippen molar-refractivity contribution < 1.29 is 19.2 Å². The number of para-hydroxylation sites is 1. The van der Waals surface area contributed by atoms with Gasteiger partial charge in [-0.1, -0.05) is 18.2 Å². The number of hydrogen-bond donors (Lipinski definition) is 2. The van der Waals surface area contributed by atoms with Crippen LogP contribution < -0.4 is 10.4 Å². The Morgan fingerprint density at radius 2 is 1.85 bits per heavy atom. The van der Waals surface area contributed by atoms with Crippen LogP contribution >= 0.6 is 0 Å². The Hall–Kier alpha value is -3.26. The summed E-state index contributed by atoms with van der Waals surface area (Å²) in [7, 11) is 0. The van der Waals surface area contributed by atoms with Gasteiger partial charge in [-0.3, -0.25) is 14.8 Å². The zero-order valence-corrected chi connectivity index (χ0v) is 14.5. The first-order valence-electron chi connectivity index (χ1n) is 8.45. The highest BCUT2D eigenvalue weighted by Gasteiger charge is 2.23. The number of benzene rings is 1. The maximum atomic E-state index is 13.0. The smallest absolute Gasteiger partial charge is 0.272 e. The maximum absolute atomic E-state index is 13.0. The summed E-state index contributed by atoms with van der Waals surface area (Å²) < 4.78 is 13.0. The molecule has 27 heavy (non-hydrogen) atoms. The Bertz CT molecular complexity index is 846. The summed E-state index contributed by atoms with van der Waals surface area (Å²) in [5, 5.41) is 8.60. The van der Waals surface area contributed by atoms with Crippen LogP contribution in [0, 0.1) is 5.82 Å². The molecule has 1 aromatic carbocycles. The largest absolute Gasteiger partial charge is 0.367 e. The first-order chi connectivity index (χ1) is 13.1. The summed E-state index contributed by atoms with van der Waals surface area (Å²) in [6.07, 6.45) is 3.91. The molecule has 1 aliphatic rings. The van der Waals surface area contributed by atoms with Crippen molar-refractivity contribution in [1.82, 2.24) is 15.4 Å². The Morgan fingerprint density at radius 3 is 2.52 bits per heavy atom. The number of nitrogens with zero attached hydrogens (tertiary/aromatic N) is 3. The van der Waals surface area contributed by atoms with E-state index in [1.807, 2.05) is 24.3 Å². The first-order valence-corrected chi connectivity index (χ1v) is 8.45. The van der Waals surface area contributed by atoms with Crippen molar-refractivity contribution in [2.75, 3.05) is 31.1 Å². The topological polar surface area (TPSA) is 85.8 Å². The number of pyridine rings is 1. The van der Waals surface area contributed by atoms with Crippen LogP contribution in [0.25, 0.3) is 6.08 Å². The van der Waals surface area contributed by atoms with Gasteiger partial charge in [-0.15, -0.1) is 0 Å². The SMILES string of the molecule is O=C(C=Cc1ccccc1N1CCN(C(=O)c2ccc(F)cn2)CC1)NO. The number of aromatic nitrogens is 1. The Balaban J connectivity index is 1.67. The molecule has 0 atom stereocenters. The Kier molecular flexibility index (Phi) is 5.77. The highest BCUT2D eigenvalue weighted by atomic mass is 19.1. The molecular weight excluding hydrogens is 351 g/mol. The molecule has 2 amide bonds. The highest BCUT2D eigenvalue weighted by Crippen LogP contribution is 2.23. The van der Waals surface area contributed by atoms with E-state index in [2.05, 4.69) is 9.88 Å². The van der Waals surface area contributed by atoms with Crippen LogP contribution in [0.2, 0.25) is 0 Å². The van der Waals surface area contributed by atoms with E-state index in [-0.39, 0.29) is 11.6 Å². The van der Waals surface area contributed by atoms with E-state index in [0.717, 1.165) is 17.4 Å². The van der Waals surface area contributed by atoms with Crippen molar-refractivity contribution in [2.24, 2.45) is 0 Å². The molecule has 7 nitrogen and oxygen atoms in total. The fourth-order valence-corrected chi connectivity index (χ4v) is 2.93. The van der Waals surface area contributed by atoms with Crippen LogP contribution in [0.1, 0.15) is 16.1 Å². The summed E-state index contributed by atoms with van der Waals surface area (Å²) in [5.74, 6) is -1.30. The number of hydroxylamine groups is 1. The molecule has 0 radical (unpaired) electrons. The van der Waals surface area contributed by atoms with Crippen LogP contribution in [0.3, 0.4) is 0 Å². The van der Waals surface area contributed by atoms with Crippen molar-refractivity contribution in [2.45, 2.75) is 0 Å². The average Bonchev–Trinajstić information content (AvgIpc) is 2.72. The molecule has 1 aromatic heterocycles. The fraction of sp³-hybridized carbons (Fsp3) is 0.211. The van der Waals surface area contributed by atoms with E-state index in [4.69, 9.17) is 5.21 Å². The average molecular weight is 370 g/mol. The Labute approximate surface area is 155 Å². The number of carbonyl (C=O) groups excluding carboxylic acids is 2. The number of hydrogen-bond acceptors (Lipinski definition) is 5. The fourth-order valence-electron chi connectivity index (χ4n) is 2.93. The third-order valence-electron chi connectivity index (χ3n) is 4.32. The third-order valence-corrected chi connectivity index (χ3v) is 4.32. The molecule has 3 rings (SSSR count). The lowest BCUT2D eigenvalue weighted by Crippen LogP contribution is -2.49. The highest BCUT2D eigenvalue weighted by molar-refractivity contribution is 5.93. The van der Waals surface area contributed by atoms with E-state index in [9.17, 15) is 14.0 Å². The molecule has 0 aliphatic carbocycles. The van der Waals surface area contributed by atoms with Crippen LogP contribution in [0.4, 0.5) is 10.1 Å². The van der Waals surface area contributed by atoms with Gasteiger partial charge >= 0.3 is 0 Å². The lowest BCUT2D eigenvalue weighted by atomic mass is 10.1. The first kappa shape index (κ1) is 18.5. The number of halogens is 1. The van der Waals surface area contributed by atoms with Gasteiger partial charge in [-0.05, 0) is 29.8 Å². The molecule has 0 spiro atoms. The van der Waals surface area contributed by atoms with Crippen molar-refractivity contribution in [3.8, 4) is 0 Å². The van der Waals surface area contributed by atoms with E-state index < -0.39 is 11.7 Å². The van der Waals surface area contributed by atoms with Gasteiger partial charge in [0, 0.05) is 37.9 Å². The lowest BCUT2D eigenvalue weighted by Gasteiger charge is -2.36. The van der Waals surface area contributed by atoms with E-state index in [1.165, 1.54) is 18.2 Å². The molecule has 2 aromatic rings. The van der Waals surface area contributed by atoms with Crippen LogP contribution in [0.5, 0.6) is 0 Å². The van der Waals surface area contributed by atoms with Gasteiger partial charge < -0.3 is 9.80 Å². The molecule has 140 valence electrons. The zero-order chi connectivity index (χ0) is 19.2. The molecule has 0 saturated carbocycles. The van der Waals surface area contributed by atoms with Crippen molar-refractivity contribution >= 4 is 23.6 Å². The minimum atomic E-state index is -0.605. The molecule has 1 aliphatic heterocycles. The van der Waals surface area contributed by atoms with E-state index in [0.29, 0.717) is 26.2 Å². The summed E-state index contributed by atoms with van der Waals surface area (Å²) in [6, 6.07) is 10.2. The molecule has 8 heteroatoms. The number of carbonyl (C=O) groups is 2. The van der Waals surface area contributed by atoms with Gasteiger partial charge in [-0.2, -0.15) is 0 Å². The maximum Gasteiger partial charge on any atom is 0.272 e. The summed E-state index contributed by atoms with van der Waals surface area (Å²) in [4.78, 5) is 31.3. The molecule has 2 heterocycles. The van der Waals surface area contributed by atoms with E-state index >= 15 is 0 Å². The quantitative estimate of drug-likeness (QED) is 0.486. The van der Waals surface area contributed by atoms with Crippen molar-refractivity contribution in [1.29, 1.82) is 0 Å². The molecule has 0 bridgehead atoms. The second-order valence-corrected chi connectivity index (χ2v) is 6.01. The molecule has 1 fully saturated rings. The monoisotopic (exact) mass is 370 g/mol. The number of nitrogens with one attached hydrogen (secondary N) is 1. The van der Waals surface area contributed by atoms with Gasteiger partial charge in [-0.25, -0.2) is 14.9 Å².